The van der Waals surface area contributed by atoms with Gasteiger partial charge >= 0.3 is 0 Å². The molecule has 1 fully saturated rings. The summed E-state index contributed by atoms with van der Waals surface area (Å²) in [5, 5.41) is 0. The fraction of sp³-hybridized carbons (Fsp3) is 0.800. The van der Waals surface area contributed by atoms with Crippen molar-refractivity contribution in [2.45, 2.75) is 39.0 Å². The van der Waals surface area contributed by atoms with Crippen molar-refractivity contribution in [2.24, 2.45) is 11.8 Å². The summed E-state index contributed by atoms with van der Waals surface area (Å²) in [6.45, 7) is 2.39. The lowest BCUT2D eigenvalue weighted by molar-refractivity contribution is 0.307. The van der Waals surface area contributed by atoms with Crippen molar-refractivity contribution in [3.8, 4) is 0 Å². The van der Waals surface area contributed by atoms with Crippen LogP contribution in [0.3, 0.4) is 0 Å². The summed E-state index contributed by atoms with van der Waals surface area (Å²) in [6.07, 6.45) is 9.64. The van der Waals surface area contributed by atoms with Crippen LogP contribution in [0.5, 0.6) is 0 Å². The normalized spacial score (nSPS) is 39.1. The minimum atomic E-state index is 0.977. The Morgan fingerprint density at radius 2 is 2.30 bits per heavy atom. The van der Waals surface area contributed by atoms with Crippen LogP contribution in [0, 0.1) is 11.8 Å². The molecule has 0 radical (unpaired) electrons. The van der Waals surface area contributed by atoms with Gasteiger partial charge in [-0.05, 0) is 43.9 Å². The molecule has 2 atom stereocenters. The molecule has 0 aromatic rings. The SMILES string of the molecule is CC1CC2=CCCC(C2)C1. The second-order valence-electron chi connectivity index (χ2n) is 4.05. The van der Waals surface area contributed by atoms with E-state index in [1.165, 1.54) is 32.1 Å². The molecule has 0 heteroatoms. The summed E-state index contributed by atoms with van der Waals surface area (Å²) < 4.78 is 0. The minimum Gasteiger partial charge on any atom is -0.0853 e. The van der Waals surface area contributed by atoms with Gasteiger partial charge in [-0.25, -0.2) is 0 Å². The van der Waals surface area contributed by atoms with E-state index in [1.807, 2.05) is 0 Å². The van der Waals surface area contributed by atoms with Gasteiger partial charge in [0.15, 0.2) is 0 Å². The zero-order valence-corrected chi connectivity index (χ0v) is 6.77. The van der Waals surface area contributed by atoms with E-state index >= 15 is 0 Å². The number of allylic oxidation sites excluding steroid dienone is 2. The summed E-state index contributed by atoms with van der Waals surface area (Å²) in [5.41, 5.74) is 1.76. The van der Waals surface area contributed by atoms with E-state index < -0.39 is 0 Å². The molecule has 0 aromatic carbocycles. The van der Waals surface area contributed by atoms with Gasteiger partial charge in [-0.15, -0.1) is 0 Å². The van der Waals surface area contributed by atoms with Gasteiger partial charge in [0.1, 0.15) is 0 Å². The van der Waals surface area contributed by atoms with Crippen molar-refractivity contribution >= 4 is 0 Å². The summed E-state index contributed by atoms with van der Waals surface area (Å²) in [4.78, 5) is 0. The molecule has 0 spiro atoms. The Morgan fingerprint density at radius 1 is 1.40 bits per heavy atom. The highest BCUT2D eigenvalue weighted by atomic mass is 14.3. The minimum absolute atomic E-state index is 0.977. The van der Waals surface area contributed by atoms with Crippen molar-refractivity contribution in [3.05, 3.63) is 11.6 Å². The lowest BCUT2D eigenvalue weighted by Gasteiger charge is -2.32. The Morgan fingerprint density at radius 3 is 3.10 bits per heavy atom. The number of hydrogen-bond acceptors (Lipinski definition) is 0. The third-order valence-electron chi connectivity index (χ3n) is 2.91. The maximum Gasteiger partial charge on any atom is -0.0291 e. The predicted molar refractivity (Wildman–Crippen MR) is 43.8 cm³/mol. The Hall–Kier alpha value is -0.260. The van der Waals surface area contributed by atoms with E-state index in [-0.39, 0.29) is 0 Å². The van der Waals surface area contributed by atoms with E-state index in [9.17, 15) is 0 Å². The first kappa shape index (κ1) is 6.45. The molecule has 0 heterocycles. The molecule has 56 valence electrons. The van der Waals surface area contributed by atoms with E-state index in [1.54, 1.807) is 5.57 Å². The zero-order chi connectivity index (χ0) is 6.97. The monoisotopic (exact) mass is 136 g/mol. The predicted octanol–water partition coefficient (Wildman–Crippen LogP) is 3.14. The van der Waals surface area contributed by atoms with Gasteiger partial charge in [0.2, 0.25) is 0 Å². The molecule has 0 aliphatic heterocycles. The average molecular weight is 136 g/mol. The van der Waals surface area contributed by atoms with Crippen molar-refractivity contribution < 1.29 is 0 Å². The molecular formula is C10H16. The molecule has 1 saturated carbocycles. The first-order valence-electron chi connectivity index (χ1n) is 4.52. The maximum atomic E-state index is 2.48. The fourth-order valence-corrected chi connectivity index (χ4v) is 2.55. The lowest BCUT2D eigenvalue weighted by atomic mass is 9.74. The van der Waals surface area contributed by atoms with Gasteiger partial charge in [0, 0.05) is 0 Å². The Kier molecular flexibility index (Phi) is 1.55. The third kappa shape index (κ3) is 1.12. The highest BCUT2D eigenvalue weighted by molar-refractivity contribution is 5.10. The Balaban J connectivity index is 2.12. The van der Waals surface area contributed by atoms with Crippen LogP contribution in [0.1, 0.15) is 39.0 Å². The third-order valence-corrected chi connectivity index (χ3v) is 2.91. The van der Waals surface area contributed by atoms with Gasteiger partial charge in [0.05, 0.1) is 0 Å². The molecule has 2 rings (SSSR count). The van der Waals surface area contributed by atoms with Crippen LogP contribution in [0.15, 0.2) is 11.6 Å². The summed E-state index contributed by atoms with van der Waals surface area (Å²) in [6, 6.07) is 0. The summed E-state index contributed by atoms with van der Waals surface area (Å²) in [5.74, 6) is 2.04. The van der Waals surface area contributed by atoms with Crippen LogP contribution in [0.25, 0.3) is 0 Å². The van der Waals surface area contributed by atoms with Crippen molar-refractivity contribution in [1.29, 1.82) is 0 Å². The molecule has 0 amide bonds. The van der Waals surface area contributed by atoms with Crippen LogP contribution >= 0.6 is 0 Å². The van der Waals surface area contributed by atoms with Crippen molar-refractivity contribution in [3.63, 3.8) is 0 Å². The highest BCUT2D eigenvalue weighted by Gasteiger charge is 2.23. The first-order valence-corrected chi connectivity index (χ1v) is 4.52. The molecule has 2 aliphatic carbocycles. The van der Waals surface area contributed by atoms with Crippen LogP contribution < -0.4 is 0 Å². The van der Waals surface area contributed by atoms with Crippen LogP contribution in [0.4, 0.5) is 0 Å². The van der Waals surface area contributed by atoms with Crippen LogP contribution in [0.2, 0.25) is 0 Å². The van der Waals surface area contributed by atoms with Crippen molar-refractivity contribution in [1.82, 2.24) is 0 Å². The number of rotatable bonds is 0. The van der Waals surface area contributed by atoms with E-state index in [0.717, 1.165) is 11.8 Å². The molecule has 0 aromatic heterocycles. The van der Waals surface area contributed by atoms with Crippen LogP contribution in [-0.4, -0.2) is 0 Å². The van der Waals surface area contributed by atoms with Crippen molar-refractivity contribution in [2.75, 3.05) is 0 Å². The Labute approximate surface area is 63.3 Å². The summed E-state index contributed by atoms with van der Waals surface area (Å²) in [7, 11) is 0. The van der Waals surface area contributed by atoms with Gasteiger partial charge in [-0.3, -0.25) is 0 Å². The maximum absolute atomic E-state index is 2.48. The molecule has 2 aliphatic rings. The van der Waals surface area contributed by atoms with Gasteiger partial charge in [-0.2, -0.15) is 0 Å². The van der Waals surface area contributed by atoms with Gasteiger partial charge in [0.25, 0.3) is 0 Å². The fourth-order valence-electron chi connectivity index (χ4n) is 2.55. The molecule has 10 heavy (non-hydrogen) atoms. The molecule has 2 unspecified atom stereocenters. The van der Waals surface area contributed by atoms with Crippen LogP contribution in [-0.2, 0) is 0 Å². The quantitative estimate of drug-likeness (QED) is 0.449. The second kappa shape index (κ2) is 2.41. The first-order chi connectivity index (χ1) is 4.84. The highest BCUT2D eigenvalue weighted by Crippen LogP contribution is 2.38. The number of hydrogen-bond donors (Lipinski definition) is 0. The second-order valence-corrected chi connectivity index (χ2v) is 4.05. The molecule has 0 saturated heterocycles. The smallest absolute Gasteiger partial charge is 0.0291 e. The lowest BCUT2D eigenvalue weighted by Crippen LogP contribution is -2.17. The molecular weight excluding hydrogens is 120 g/mol. The van der Waals surface area contributed by atoms with E-state index in [4.69, 9.17) is 0 Å². The van der Waals surface area contributed by atoms with E-state index in [0.29, 0.717) is 0 Å². The average Bonchev–Trinajstić information content (AvgIpc) is 1.85. The number of fused-ring (bicyclic) bond motifs is 2. The summed E-state index contributed by atoms with van der Waals surface area (Å²) >= 11 is 0. The van der Waals surface area contributed by atoms with Gasteiger partial charge in [-0.1, -0.05) is 18.6 Å². The zero-order valence-electron chi connectivity index (χ0n) is 6.77. The topological polar surface area (TPSA) is 0 Å². The molecule has 2 bridgehead atoms. The standard InChI is InChI=1S/C10H16/c1-8-5-9-3-2-4-10(6-8)7-9/h3,8,10H,2,4-7H2,1H3. The van der Waals surface area contributed by atoms with Gasteiger partial charge < -0.3 is 0 Å². The van der Waals surface area contributed by atoms with E-state index in [2.05, 4.69) is 13.0 Å². The Bertz CT molecular complexity index is 155. The molecule has 0 N–H and O–H groups in total. The molecule has 0 nitrogen and oxygen atoms in total. The largest absolute Gasteiger partial charge is 0.0853 e.